The molecule has 0 atom stereocenters. The second-order valence-electron chi connectivity index (χ2n) is 4.90. The van der Waals surface area contributed by atoms with E-state index in [9.17, 15) is 0 Å². The lowest BCUT2D eigenvalue weighted by molar-refractivity contribution is 0.223. The Bertz CT molecular complexity index is 560. The zero-order valence-corrected chi connectivity index (χ0v) is 12.9. The average molecular weight is 294 g/mol. The van der Waals surface area contributed by atoms with Crippen LogP contribution in [0.1, 0.15) is 40.0 Å². The van der Waals surface area contributed by atoms with Gasteiger partial charge in [0.15, 0.2) is 5.82 Å². The molecule has 1 aromatic heterocycles. The van der Waals surface area contributed by atoms with E-state index in [2.05, 4.69) is 36.3 Å². The maximum Gasteiger partial charge on any atom is 0.186 e. The predicted molar refractivity (Wildman–Crippen MR) is 81.5 cm³/mol. The van der Waals surface area contributed by atoms with Gasteiger partial charge in [0.05, 0.1) is 16.1 Å². The summed E-state index contributed by atoms with van der Waals surface area (Å²) in [6, 6.07) is 5.44. The first-order valence-corrected chi connectivity index (χ1v) is 7.30. The molecule has 1 aromatic carbocycles. The van der Waals surface area contributed by atoms with Crippen LogP contribution >= 0.6 is 11.6 Å². The van der Waals surface area contributed by atoms with E-state index in [1.54, 1.807) is 6.07 Å². The molecule has 0 bridgehead atoms. The molecule has 2 rings (SSSR count). The van der Waals surface area contributed by atoms with Crippen molar-refractivity contribution in [2.24, 2.45) is 0 Å². The number of nitrogens with zero attached hydrogens (tertiary/aromatic N) is 4. The molecule has 0 saturated carbocycles. The van der Waals surface area contributed by atoms with Crippen LogP contribution in [0.15, 0.2) is 18.2 Å². The van der Waals surface area contributed by atoms with Crippen LogP contribution in [0.5, 0.6) is 0 Å². The van der Waals surface area contributed by atoms with E-state index in [1.165, 1.54) is 0 Å². The molecule has 5 nitrogen and oxygen atoms in total. The fourth-order valence-corrected chi connectivity index (χ4v) is 2.90. The third-order valence-corrected chi connectivity index (χ3v) is 4.48. The molecule has 0 radical (unpaired) electrons. The van der Waals surface area contributed by atoms with Crippen molar-refractivity contribution in [3.05, 3.63) is 23.2 Å². The zero-order valence-electron chi connectivity index (χ0n) is 12.1. The van der Waals surface area contributed by atoms with Gasteiger partial charge in [-0.3, -0.25) is 0 Å². The highest BCUT2D eigenvalue weighted by Gasteiger charge is 2.31. The first kappa shape index (κ1) is 14.8. The lowest BCUT2D eigenvalue weighted by atomic mass is 9.89. The molecule has 0 spiro atoms. The Balaban J connectivity index is 2.65. The normalized spacial score (nSPS) is 11.8. The minimum atomic E-state index is -0.107. The van der Waals surface area contributed by atoms with Crippen LogP contribution in [0.3, 0.4) is 0 Å². The molecule has 0 unspecified atom stereocenters. The highest BCUT2D eigenvalue weighted by Crippen LogP contribution is 2.36. The molecule has 2 N–H and O–H groups in total. The SMILES string of the molecule is CCC(CC)(CC)n1nnnc1-c1c(N)cccc1Cl. The molecule has 2 aromatic rings. The van der Waals surface area contributed by atoms with Crippen LogP contribution < -0.4 is 5.73 Å². The number of anilines is 1. The van der Waals surface area contributed by atoms with Crippen LogP contribution in [0.4, 0.5) is 5.69 Å². The van der Waals surface area contributed by atoms with Gasteiger partial charge in [0.25, 0.3) is 0 Å². The van der Waals surface area contributed by atoms with E-state index >= 15 is 0 Å². The molecule has 108 valence electrons. The monoisotopic (exact) mass is 293 g/mol. The van der Waals surface area contributed by atoms with Crippen LogP contribution in [0, 0.1) is 0 Å². The molecular formula is C14H20ClN5. The van der Waals surface area contributed by atoms with Crippen molar-refractivity contribution < 1.29 is 0 Å². The summed E-state index contributed by atoms with van der Waals surface area (Å²) in [4.78, 5) is 0. The lowest BCUT2D eigenvalue weighted by Crippen LogP contribution is -2.33. The van der Waals surface area contributed by atoms with Crippen LogP contribution in [0.25, 0.3) is 11.4 Å². The van der Waals surface area contributed by atoms with Gasteiger partial charge < -0.3 is 5.73 Å². The molecule has 0 aliphatic heterocycles. The topological polar surface area (TPSA) is 69.6 Å². The van der Waals surface area contributed by atoms with E-state index in [4.69, 9.17) is 17.3 Å². The summed E-state index contributed by atoms with van der Waals surface area (Å²) in [6.45, 7) is 6.44. The Hall–Kier alpha value is -1.62. The van der Waals surface area contributed by atoms with Crippen molar-refractivity contribution in [2.75, 3.05) is 5.73 Å². The highest BCUT2D eigenvalue weighted by molar-refractivity contribution is 6.33. The van der Waals surface area contributed by atoms with Crippen molar-refractivity contribution in [3.63, 3.8) is 0 Å². The van der Waals surface area contributed by atoms with E-state index in [0.717, 1.165) is 19.3 Å². The molecular weight excluding hydrogens is 274 g/mol. The van der Waals surface area contributed by atoms with Gasteiger partial charge >= 0.3 is 0 Å². The van der Waals surface area contributed by atoms with Gasteiger partial charge in [-0.05, 0) is 41.8 Å². The number of rotatable bonds is 5. The fraction of sp³-hybridized carbons (Fsp3) is 0.500. The van der Waals surface area contributed by atoms with Crippen LogP contribution in [-0.4, -0.2) is 20.2 Å². The summed E-state index contributed by atoms with van der Waals surface area (Å²) in [7, 11) is 0. The Morgan fingerprint density at radius 2 is 1.85 bits per heavy atom. The standard InChI is InChI=1S/C14H20ClN5/c1-4-14(5-2,6-3)20-13(17-18-19-20)12-10(15)8-7-9-11(12)16/h7-9H,4-6,16H2,1-3H3. The third kappa shape index (κ3) is 2.26. The second-order valence-corrected chi connectivity index (χ2v) is 5.31. The maximum atomic E-state index is 6.28. The quantitative estimate of drug-likeness (QED) is 0.857. The van der Waals surface area contributed by atoms with Crippen molar-refractivity contribution in [1.82, 2.24) is 20.2 Å². The van der Waals surface area contributed by atoms with Gasteiger partial charge in [0.1, 0.15) is 0 Å². The second kappa shape index (κ2) is 5.79. The average Bonchev–Trinajstić information content (AvgIpc) is 2.91. The van der Waals surface area contributed by atoms with E-state index in [1.807, 2.05) is 16.8 Å². The molecule has 20 heavy (non-hydrogen) atoms. The number of aromatic nitrogens is 4. The number of benzene rings is 1. The van der Waals surface area contributed by atoms with Crippen LogP contribution in [0.2, 0.25) is 5.02 Å². The molecule has 0 fully saturated rings. The molecule has 1 heterocycles. The summed E-state index contributed by atoms with van der Waals surface area (Å²) in [5.41, 5.74) is 7.25. The summed E-state index contributed by atoms with van der Waals surface area (Å²) in [5.74, 6) is 0.638. The number of nitrogen functional groups attached to an aromatic ring is 1. The van der Waals surface area contributed by atoms with Crippen molar-refractivity contribution in [3.8, 4) is 11.4 Å². The molecule has 0 amide bonds. The van der Waals surface area contributed by atoms with Crippen molar-refractivity contribution in [1.29, 1.82) is 0 Å². The minimum absolute atomic E-state index is 0.107. The van der Waals surface area contributed by atoms with Gasteiger partial charge in [0.2, 0.25) is 0 Å². The Morgan fingerprint density at radius 3 is 2.40 bits per heavy atom. The smallest absolute Gasteiger partial charge is 0.186 e. The van der Waals surface area contributed by atoms with Crippen molar-refractivity contribution in [2.45, 2.75) is 45.6 Å². The number of tetrazole rings is 1. The molecule has 0 aliphatic carbocycles. The van der Waals surface area contributed by atoms with E-state index < -0.39 is 0 Å². The summed E-state index contributed by atoms with van der Waals surface area (Å²) in [6.07, 6.45) is 2.84. The maximum absolute atomic E-state index is 6.28. The van der Waals surface area contributed by atoms with Gasteiger partial charge in [-0.25, -0.2) is 4.68 Å². The van der Waals surface area contributed by atoms with E-state index in [0.29, 0.717) is 22.1 Å². The molecule has 0 saturated heterocycles. The van der Waals surface area contributed by atoms with Gasteiger partial charge in [0, 0.05) is 5.69 Å². The van der Waals surface area contributed by atoms with Crippen molar-refractivity contribution >= 4 is 17.3 Å². The minimum Gasteiger partial charge on any atom is -0.398 e. The summed E-state index contributed by atoms with van der Waals surface area (Å²) >= 11 is 6.28. The van der Waals surface area contributed by atoms with Gasteiger partial charge in [-0.2, -0.15) is 0 Å². The molecule has 6 heteroatoms. The van der Waals surface area contributed by atoms with Gasteiger partial charge in [-0.1, -0.05) is 38.4 Å². The lowest BCUT2D eigenvalue weighted by Gasteiger charge is -2.31. The number of nitrogens with two attached hydrogens (primary N) is 1. The van der Waals surface area contributed by atoms with Gasteiger partial charge in [-0.15, -0.1) is 5.10 Å². The number of hydrogen-bond donors (Lipinski definition) is 1. The highest BCUT2D eigenvalue weighted by atomic mass is 35.5. The fourth-order valence-electron chi connectivity index (χ4n) is 2.64. The van der Waals surface area contributed by atoms with E-state index in [-0.39, 0.29) is 5.54 Å². The summed E-state index contributed by atoms with van der Waals surface area (Å²) in [5, 5.41) is 12.8. The Kier molecular flexibility index (Phi) is 4.28. The Morgan fingerprint density at radius 1 is 1.20 bits per heavy atom. The first-order chi connectivity index (χ1) is 9.59. The molecule has 0 aliphatic rings. The largest absolute Gasteiger partial charge is 0.398 e. The first-order valence-electron chi connectivity index (χ1n) is 6.92. The summed E-state index contributed by atoms with van der Waals surface area (Å²) < 4.78 is 1.88. The number of hydrogen-bond acceptors (Lipinski definition) is 4. The zero-order chi connectivity index (χ0) is 14.8. The predicted octanol–water partition coefficient (Wildman–Crippen LogP) is 3.50. The Labute approximate surface area is 124 Å². The number of halogens is 1. The third-order valence-electron chi connectivity index (χ3n) is 4.16. The van der Waals surface area contributed by atoms with Crippen LogP contribution in [-0.2, 0) is 5.54 Å².